The minimum atomic E-state index is -0.447. The summed E-state index contributed by atoms with van der Waals surface area (Å²) in [5.74, 6) is -0.285. The lowest BCUT2D eigenvalue weighted by Crippen LogP contribution is -2.36. The van der Waals surface area contributed by atoms with E-state index in [0.29, 0.717) is 51.8 Å². The normalized spacial score (nSPS) is 18.4. The molecule has 2 heterocycles. The van der Waals surface area contributed by atoms with E-state index in [2.05, 4.69) is 4.90 Å². The number of nitrogens with zero attached hydrogens (tertiary/aromatic N) is 3. The molecule has 0 aliphatic carbocycles. The van der Waals surface area contributed by atoms with Gasteiger partial charge in [0.05, 0.1) is 28.7 Å². The van der Waals surface area contributed by atoms with Crippen LogP contribution in [0, 0.1) is 10.1 Å². The maximum absolute atomic E-state index is 13.1. The van der Waals surface area contributed by atoms with Gasteiger partial charge in [-0.3, -0.25) is 19.8 Å². The molecule has 7 nitrogen and oxygen atoms in total. The van der Waals surface area contributed by atoms with E-state index >= 15 is 0 Å². The van der Waals surface area contributed by atoms with Gasteiger partial charge in [-0.15, -0.1) is 0 Å². The smallest absolute Gasteiger partial charge is 0.270 e. The van der Waals surface area contributed by atoms with Crippen molar-refractivity contribution in [3.63, 3.8) is 0 Å². The van der Waals surface area contributed by atoms with Gasteiger partial charge < -0.3 is 9.64 Å². The van der Waals surface area contributed by atoms with Crippen LogP contribution in [0.5, 0.6) is 0 Å². The number of thioether (sulfide) groups is 1. The number of nitro groups is 1. The summed E-state index contributed by atoms with van der Waals surface area (Å²) in [4.78, 5) is 27.8. The van der Waals surface area contributed by atoms with E-state index in [-0.39, 0.29) is 11.6 Å². The summed E-state index contributed by atoms with van der Waals surface area (Å²) in [5, 5.41) is 11.8. The van der Waals surface area contributed by atoms with Crippen molar-refractivity contribution in [2.45, 2.75) is 0 Å². The molecule has 10 heteroatoms. The number of anilines is 2. The van der Waals surface area contributed by atoms with Crippen LogP contribution in [-0.4, -0.2) is 41.5 Å². The van der Waals surface area contributed by atoms with E-state index in [1.165, 1.54) is 17.0 Å². The Morgan fingerprint density at radius 3 is 2.67 bits per heavy atom. The van der Waals surface area contributed by atoms with Gasteiger partial charge in [0.25, 0.3) is 11.6 Å². The van der Waals surface area contributed by atoms with Crippen molar-refractivity contribution in [1.82, 2.24) is 0 Å². The Bertz CT molecular complexity index is 1070. The second kappa shape index (κ2) is 8.73. The molecule has 2 aromatic rings. The lowest BCUT2D eigenvalue weighted by atomic mass is 10.1. The third kappa shape index (κ3) is 4.20. The molecule has 0 bridgehead atoms. The summed E-state index contributed by atoms with van der Waals surface area (Å²) >= 11 is 12.6. The molecular weight excluding hydrogens is 446 g/mol. The van der Waals surface area contributed by atoms with Gasteiger partial charge in [-0.1, -0.05) is 41.6 Å². The number of hydrogen-bond acceptors (Lipinski definition) is 7. The lowest BCUT2D eigenvalue weighted by molar-refractivity contribution is -0.384. The van der Waals surface area contributed by atoms with Gasteiger partial charge in [0, 0.05) is 41.5 Å². The second-order valence-electron chi connectivity index (χ2n) is 6.60. The van der Waals surface area contributed by atoms with Gasteiger partial charge in [-0.25, -0.2) is 0 Å². The van der Waals surface area contributed by atoms with Crippen LogP contribution in [0.2, 0.25) is 5.02 Å². The number of hydrogen-bond donors (Lipinski definition) is 0. The van der Waals surface area contributed by atoms with Crippen LogP contribution in [0.15, 0.2) is 47.4 Å². The molecule has 0 saturated carbocycles. The summed E-state index contributed by atoms with van der Waals surface area (Å²) in [5.41, 5.74) is 1.96. The van der Waals surface area contributed by atoms with Gasteiger partial charge >= 0.3 is 0 Å². The fourth-order valence-electron chi connectivity index (χ4n) is 3.31. The lowest BCUT2D eigenvalue weighted by Gasteiger charge is -2.30. The predicted octanol–water partition coefficient (Wildman–Crippen LogP) is 4.49. The molecule has 0 radical (unpaired) electrons. The first kappa shape index (κ1) is 20.8. The molecule has 4 rings (SSSR count). The molecular formula is C20H16ClN3O4S2. The fraction of sp³-hybridized carbons (Fsp3) is 0.200. The quantitative estimate of drug-likeness (QED) is 0.287. The van der Waals surface area contributed by atoms with Crippen molar-refractivity contribution in [3.05, 3.63) is 68.1 Å². The highest BCUT2D eigenvalue weighted by atomic mass is 35.5. The maximum atomic E-state index is 13.1. The van der Waals surface area contributed by atoms with Gasteiger partial charge in [0.1, 0.15) is 0 Å². The fourth-order valence-corrected chi connectivity index (χ4v) is 4.78. The Labute approximate surface area is 187 Å². The van der Waals surface area contributed by atoms with Crippen molar-refractivity contribution >= 4 is 68.9 Å². The number of thiocarbonyl (C=S) groups is 1. The van der Waals surface area contributed by atoms with Crippen LogP contribution < -0.4 is 9.80 Å². The van der Waals surface area contributed by atoms with Crippen molar-refractivity contribution in [3.8, 4) is 0 Å². The number of carbonyl (C=O) groups excluding carboxylic acids is 1. The van der Waals surface area contributed by atoms with Crippen molar-refractivity contribution < 1.29 is 14.5 Å². The van der Waals surface area contributed by atoms with Gasteiger partial charge in [0.15, 0.2) is 4.32 Å². The minimum Gasteiger partial charge on any atom is -0.378 e. The molecule has 2 saturated heterocycles. The summed E-state index contributed by atoms with van der Waals surface area (Å²) in [6, 6.07) is 11.6. The zero-order valence-corrected chi connectivity index (χ0v) is 18.0. The molecule has 2 fully saturated rings. The van der Waals surface area contributed by atoms with E-state index in [1.807, 2.05) is 0 Å². The number of carbonyl (C=O) groups is 1. The second-order valence-corrected chi connectivity index (χ2v) is 8.71. The van der Waals surface area contributed by atoms with E-state index in [4.69, 9.17) is 28.6 Å². The highest BCUT2D eigenvalue weighted by molar-refractivity contribution is 8.27. The highest BCUT2D eigenvalue weighted by Crippen LogP contribution is 2.38. The van der Waals surface area contributed by atoms with Crippen LogP contribution in [-0.2, 0) is 9.53 Å². The highest BCUT2D eigenvalue weighted by Gasteiger charge is 2.34. The molecule has 0 unspecified atom stereocenters. The van der Waals surface area contributed by atoms with Crippen LogP contribution in [0.25, 0.3) is 6.08 Å². The van der Waals surface area contributed by atoms with Crippen LogP contribution >= 0.6 is 35.6 Å². The predicted molar refractivity (Wildman–Crippen MR) is 123 cm³/mol. The zero-order valence-electron chi connectivity index (χ0n) is 15.6. The van der Waals surface area contributed by atoms with Crippen molar-refractivity contribution in [2.75, 3.05) is 36.1 Å². The molecule has 0 N–H and O–H groups in total. The first-order valence-corrected chi connectivity index (χ1v) is 10.7. The number of benzene rings is 2. The number of ether oxygens (including phenoxy) is 1. The van der Waals surface area contributed by atoms with E-state index in [0.717, 1.165) is 17.4 Å². The molecule has 30 heavy (non-hydrogen) atoms. The van der Waals surface area contributed by atoms with Crippen LogP contribution in [0.4, 0.5) is 17.1 Å². The molecule has 2 aliphatic rings. The van der Waals surface area contributed by atoms with Gasteiger partial charge in [0.2, 0.25) is 0 Å². The largest absolute Gasteiger partial charge is 0.378 e. The summed E-state index contributed by atoms with van der Waals surface area (Å²) in [7, 11) is 0. The number of rotatable bonds is 4. The summed E-state index contributed by atoms with van der Waals surface area (Å²) < 4.78 is 5.78. The van der Waals surface area contributed by atoms with E-state index in [1.54, 1.807) is 36.4 Å². The molecule has 0 aromatic heterocycles. The third-order valence-corrected chi connectivity index (χ3v) is 6.26. The summed E-state index contributed by atoms with van der Waals surface area (Å²) in [6.07, 6.45) is 1.67. The van der Waals surface area contributed by atoms with Crippen molar-refractivity contribution in [2.24, 2.45) is 0 Å². The first-order valence-electron chi connectivity index (χ1n) is 9.09. The number of amides is 1. The standard InChI is InChI=1S/C20H16ClN3O4S2/c21-14-2-1-3-15(12-14)23-19(25)18(30-20(23)29)11-13-10-16(24(26)27)4-5-17(13)22-6-8-28-9-7-22/h1-5,10-12H,6-9H2/b18-11+. The van der Waals surface area contributed by atoms with Gasteiger partial charge in [-0.05, 0) is 30.3 Å². The SMILES string of the molecule is O=C1/C(=C\c2cc([N+](=O)[O-])ccc2N2CCOCC2)SC(=S)N1c1cccc(Cl)c1. The van der Waals surface area contributed by atoms with Crippen LogP contribution in [0.3, 0.4) is 0 Å². The number of nitro benzene ring substituents is 1. The monoisotopic (exact) mass is 461 g/mol. The first-order chi connectivity index (χ1) is 14.4. The molecule has 0 atom stereocenters. The number of morpholine rings is 1. The van der Waals surface area contributed by atoms with E-state index < -0.39 is 4.92 Å². The zero-order chi connectivity index (χ0) is 21.3. The van der Waals surface area contributed by atoms with E-state index in [9.17, 15) is 14.9 Å². The van der Waals surface area contributed by atoms with Crippen LogP contribution in [0.1, 0.15) is 5.56 Å². The average Bonchev–Trinajstić information content (AvgIpc) is 3.01. The third-order valence-electron chi connectivity index (χ3n) is 4.72. The Morgan fingerprint density at radius 1 is 1.20 bits per heavy atom. The number of halogens is 1. The molecule has 0 spiro atoms. The Hall–Kier alpha value is -2.46. The summed E-state index contributed by atoms with van der Waals surface area (Å²) in [6.45, 7) is 2.49. The molecule has 154 valence electrons. The Kier molecular flexibility index (Phi) is 6.05. The van der Waals surface area contributed by atoms with Crippen molar-refractivity contribution in [1.29, 1.82) is 0 Å². The van der Waals surface area contributed by atoms with Gasteiger partial charge in [-0.2, -0.15) is 0 Å². The minimum absolute atomic E-state index is 0.0384. The number of non-ortho nitro benzene ring substituents is 1. The molecule has 1 amide bonds. The Balaban J connectivity index is 1.73. The molecule has 2 aromatic carbocycles. The molecule has 2 aliphatic heterocycles. The average molecular weight is 462 g/mol. The topological polar surface area (TPSA) is 75.9 Å². The Morgan fingerprint density at radius 2 is 1.97 bits per heavy atom. The maximum Gasteiger partial charge on any atom is 0.270 e.